The van der Waals surface area contributed by atoms with Crippen molar-refractivity contribution in [1.82, 2.24) is 5.32 Å². The van der Waals surface area contributed by atoms with Gasteiger partial charge in [-0.25, -0.2) is 4.79 Å². The summed E-state index contributed by atoms with van der Waals surface area (Å²) < 4.78 is 64.6. The van der Waals surface area contributed by atoms with Crippen molar-refractivity contribution in [2.45, 2.75) is 104 Å². The number of carbonyl (C=O) groups is 4. The number of aliphatic carboxylic acids is 1. The number of nitrogens with one attached hydrogen (secondary N) is 1. The Morgan fingerprint density at radius 1 is 0.493 bits per heavy atom. The number of benzene rings is 1. The van der Waals surface area contributed by atoms with Crippen LogP contribution in [0.4, 0.5) is 4.79 Å². The van der Waals surface area contributed by atoms with E-state index < -0.39 is 41.8 Å². The molecular weight excluding hydrogens is 899 g/mol. The van der Waals surface area contributed by atoms with Crippen molar-refractivity contribution in [3.63, 3.8) is 0 Å². The monoisotopic (exact) mass is 988 g/mol. The van der Waals surface area contributed by atoms with Gasteiger partial charge in [0.2, 0.25) is 0 Å². The molecule has 4 unspecified atom stereocenters. The highest BCUT2D eigenvalue weighted by molar-refractivity contribution is 5.77. The zero-order chi connectivity index (χ0) is 50.3. The number of hydrogen-bond donors (Lipinski definition) is 2. The van der Waals surface area contributed by atoms with E-state index in [1.54, 1.807) is 14.0 Å². The lowest BCUT2D eigenvalue weighted by Crippen LogP contribution is -2.31. The van der Waals surface area contributed by atoms with Gasteiger partial charge in [0.05, 0.1) is 143 Å². The lowest BCUT2D eigenvalue weighted by Gasteiger charge is -2.25. The Bertz CT molecular complexity index is 1360. The molecule has 1 aromatic rings. The zero-order valence-electron chi connectivity index (χ0n) is 42.5. The van der Waals surface area contributed by atoms with Crippen LogP contribution in [0.25, 0.3) is 0 Å². The summed E-state index contributed by atoms with van der Waals surface area (Å²) in [4.78, 5) is 51.0. The summed E-state index contributed by atoms with van der Waals surface area (Å²) in [6.45, 7) is 13.7. The van der Waals surface area contributed by atoms with Crippen molar-refractivity contribution in [2.75, 3.05) is 146 Å². The van der Waals surface area contributed by atoms with Crippen molar-refractivity contribution in [2.24, 2.45) is 17.8 Å². The summed E-state index contributed by atoms with van der Waals surface area (Å²) in [5.41, 5.74) is 1.09. The number of alkyl carbamates (subject to hydrolysis) is 1. The molecule has 18 heteroatoms. The van der Waals surface area contributed by atoms with Crippen molar-refractivity contribution in [1.29, 1.82) is 0 Å². The summed E-state index contributed by atoms with van der Waals surface area (Å²) in [5, 5.41) is 12.7. The number of rotatable bonds is 50. The minimum atomic E-state index is -1.08. The second kappa shape index (κ2) is 46.9. The number of hydrogen-bond acceptors (Lipinski definition) is 16. The molecule has 400 valence electrons. The Labute approximate surface area is 412 Å². The van der Waals surface area contributed by atoms with Gasteiger partial charge in [0.15, 0.2) is 0 Å². The van der Waals surface area contributed by atoms with Gasteiger partial charge in [-0.2, -0.15) is 0 Å². The fraction of sp³-hybridized carbons (Fsp3) is 0.804. The number of carboxylic acids is 1. The van der Waals surface area contributed by atoms with Crippen molar-refractivity contribution in [3.8, 4) is 0 Å². The fourth-order valence-corrected chi connectivity index (χ4v) is 7.06. The number of unbranched alkanes of at least 4 members (excludes halogenated alkanes) is 7. The Kier molecular flexibility index (Phi) is 43.2. The predicted molar refractivity (Wildman–Crippen MR) is 259 cm³/mol. The van der Waals surface area contributed by atoms with Gasteiger partial charge in [-0.05, 0) is 43.6 Å². The number of carboxylic acid groups (broad SMARTS) is 1. The van der Waals surface area contributed by atoms with Crippen LogP contribution in [0, 0.1) is 17.8 Å². The lowest BCUT2D eigenvalue weighted by molar-refractivity contribution is -0.152. The first-order chi connectivity index (χ1) is 33.7. The highest BCUT2D eigenvalue weighted by atomic mass is 16.6. The normalized spacial score (nSPS) is 13.1. The van der Waals surface area contributed by atoms with Gasteiger partial charge in [0, 0.05) is 7.11 Å². The highest BCUT2D eigenvalue weighted by Gasteiger charge is 2.33. The molecular formula is C51H89NO17. The SMILES string of the molecule is CCCCCCCCCCOC(=O)C(CC(CC(C)C(=O)OCCNC(=O)OCCOCCOCCOCCOCCOCCOCCOCCOCCOC)C(=O)O)CC(CC)c1ccccc1. The van der Waals surface area contributed by atoms with E-state index in [1.165, 1.54) is 32.1 Å². The second-order valence-electron chi connectivity index (χ2n) is 16.6. The highest BCUT2D eigenvalue weighted by Crippen LogP contribution is 2.33. The van der Waals surface area contributed by atoms with E-state index in [4.69, 9.17) is 56.8 Å². The molecule has 69 heavy (non-hydrogen) atoms. The third-order valence-corrected chi connectivity index (χ3v) is 11.0. The summed E-state index contributed by atoms with van der Waals surface area (Å²) in [7, 11) is 1.63. The topological polar surface area (TPSA) is 211 Å². The van der Waals surface area contributed by atoms with Crippen LogP contribution in [-0.2, 0) is 71.2 Å². The second-order valence-corrected chi connectivity index (χ2v) is 16.6. The Morgan fingerprint density at radius 3 is 1.41 bits per heavy atom. The summed E-state index contributed by atoms with van der Waals surface area (Å²) in [6, 6.07) is 9.90. The van der Waals surface area contributed by atoms with E-state index in [-0.39, 0.29) is 45.1 Å². The molecule has 0 heterocycles. The molecule has 0 spiro atoms. The van der Waals surface area contributed by atoms with Gasteiger partial charge in [-0.15, -0.1) is 0 Å². The predicted octanol–water partition coefficient (Wildman–Crippen LogP) is 7.04. The van der Waals surface area contributed by atoms with Gasteiger partial charge < -0.3 is 67.3 Å². The molecule has 0 saturated heterocycles. The molecule has 2 N–H and O–H groups in total. The average Bonchev–Trinajstić information content (AvgIpc) is 3.35. The Morgan fingerprint density at radius 2 is 0.942 bits per heavy atom. The molecule has 0 fully saturated rings. The minimum absolute atomic E-state index is 0.00305. The molecule has 4 atom stereocenters. The average molecular weight is 988 g/mol. The lowest BCUT2D eigenvalue weighted by atomic mass is 9.80. The van der Waals surface area contributed by atoms with Gasteiger partial charge in [-0.1, -0.05) is 96.0 Å². The van der Waals surface area contributed by atoms with Gasteiger partial charge in [-0.3, -0.25) is 14.4 Å². The maximum absolute atomic E-state index is 13.5. The Balaban J connectivity index is 2.17. The molecule has 18 nitrogen and oxygen atoms in total. The van der Waals surface area contributed by atoms with Crippen LogP contribution < -0.4 is 5.32 Å². The van der Waals surface area contributed by atoms with E-state index in [1.807, 2.05) is 30.3 Å². The van der Waals surface area contributed by atoms with Crippen molar-refractivity contribution >= 4 is 24.0 Å². The van der Waals surface area contributed by atoms with Gasteiger partial charge in [0.25, 0.3) is 0 Å². The summed E-state index contributed by atoms with van der Waals surface area (Å²) in [5.74, 6) is -4.41. The largest absolute Gasteiger partial charge is 0.481 e. The van der Waals surface area contributed by atoms with Crippen LogP contribution in [0.5, 0.6) is 0 Å². The number of esters is 2. The first-order valence-electron chi connectivity index (χ1n) is 25.4. The molecule has 0 aliphatic heterocycles. The first-order valence-corrected chi connectivity index (χ1v) is 25.4. The van der Waals surface area contributed by atoms with Crippen LogP contribution in [-0.4, -0.2) is 175 Å². The quantitative estimate of drug-likeness (QED) is 0.0381. The third kappa shape index (κ3) is 38.0. The van der Waals surface area contributed by atoms with E-state index in [0.29, 0.717) is 119 Å². The fourth-order valence-electron chi connectivity index (χ4n) is 7.06. The Hall–Kier alpha value is -3.46. The maximum Gasteiger partial charge on any atom is 0.407 e. The summed E-state index contributed by atoms with van der Waals surface area (Å²) in [6.07, 6.45) is 9.51. The van der Waals surface area contributed by atoms with Crippen molar-refractivity contribution in [3.05, 3.63) is 35.9 Å². The molecule has 0 aliphatic carbocycles. The molecule has 1 aromatic carbocycles. The molecule has 0 aromatic heterocycles. The molecule has 0 saturated carbocycles. The third-order valence-electron chi connectivity index (χ3n) is 11.0. The van der Waals surface area contributed by atoms with E-state index in [9.17, 15) is 24.3 Å². The van der Waals surface area contributed by atoms with E-state index in [2.05, 4.69) is 19.2 Å². The molecule has 1 amide bonds. The molecule has 0 bridgehead atoms. The smallest absolute Gasteiger partial charge is 0.407 e. The van der Waals surface area contributed by atoms with Gasteiger partial charge in [0.1, 0.15) is 13.2 Å². The summed E-state index contributed by atoms with van der Waals surface area (Å²) >= 11 is 0. The number of amides is 1. The van der Waals surface area contributed by atoms with Gasteiger partial charge >= 0.3 is 24.0 Å². The maximum atomic E-state index is 13.5. The van der Waals surface area contributed by atoms with Crippen LogP contribution in [0.15, 0.2) is 30.3 Å². The van der Waals surface area contributed by atoms with Crippen LogP contribution in [0.1, 0.15) is 109 Å². The van der Waals surface area contributed by atoms with E-state index in [0.717, 1.165) is 31.2 Å². The standard InChI is InChI=1S/C51H89NO17/c1-5-7-8-9-10-11-12-16-20-67-50(56)47(41-44(6-2)45-17-14-13-15-18-45)42-46(48(53)54)40-43(3)49(55)68-21-19-52-51(57)69-39-38-66-37-36-65-35-34-64-33-32-63-31-30-62-29-28-61-27-26-60-25-24-59-23-22-58-4/h13-15,17-18,43-44,46-47H,5-12,16,19-42H2,1-4H3,(H,52,57)(H,53,54). The van der Waals surface area contributed by atoms with Crippen LogP contribution in [0.2, 0.25) is 0 Å². The van der Waals surface area contributed by atoms with E-state index >= 15 is 0 Å². The minimum Gasteiger partial charge on any atom is -0.481 e. The van der Waals surface area contributed by atoms with Crippen LogP contribution in [0.3, 0.4) is 0 Å². The van der Waals surface area contributed by atoms with Crippen molar-refractivity contribution < 1.29 is 81.1 Å². The zero-order valence-corrected chi connectivity index (χ0v) is 42.5. The first kappa shape index (κ1) is 63.6. The molecule has 0 radical (unpaired) electrons. The number of methoxy groups -OCH3 is 1. The molecule has 0 aliphatic rings. The molecule has 1 rings (SSSR count). The number of ether oxygens (including phenoxy) is 12. The number of carbonyl (C=O) groups excluding carboxylic acids is 3. The van der Waals surface area contributed by atoms with Crippen LogP contribution >= 0.6 is 0 Å².